The topological polar surface area (TPSA) is 75.1 Å². The van der Waals surface area contributed by atoms with Gasteiger partial charge in [0.15, 0.2) is 5.16 Å². The summed E-state index contributed by atoms with van der Waals surface area (Å²) in [5.74, 6) is -0.243. The molecule has 3 aromatic rings. The van der Waals surface area contributed by atoms with E-state index >= 15 is 0 Å². The van der Waals surface area contributed by atoms with E-state index in [-0.39, 0.29) is 5.56 Å². The lowest BCUT2D eigenvalue weighted by Crippen LogP contribution is -2.00. The summed E-state index contributed by atoms with van der Waals surface area (Å²) in [6, 6.07) is 8.79. The highest BCUT2D eigenvalue weighted by molar-refractivity contribution is 7.98. The van der Waals surface area contributed by atoms with E-state index in [0.717, 1.165) is 16.6 Å². The van der Waals surface area contributed by atoms with E-state index < -0.39 is 5.97 Å². The summed E-state index contributed by atoms with van der Waals surface area (Å²) in [5, 5.41) is 14.0. The molecule has 0 aliphatic carbocycles. The Morgan fingerprint density at radius 2 is 2.17 bits per heavy atom. The molecule has 0 amide bonds. The number of benzene rings is 1. The van der Waals surface area contributed by atoms with E-state index in [1.165, 1.54) is 16.6 Å². The van der Waals surface area contributed by atoms with Crippen molar-refractivity contribution in [3.63, 3.8) is 0 Å². The summed E-state index contributed by atoms with van der Waals surface area (Å²) >= 11 is 3.14. The molecular weight excluding hydrogens is 330 g/mol. The van der Waals surface area contributed by atoms with Gasteiger partial charge in [0.1, 0.15) is 10.6 Å². The number of rotatable bonds is 5. The van der Waals surface area contributed by atoms with Crippen molar-refractivity contribution in [3.05, 3.63) is 40.8 Å². The van der Waals surface area contributed by atoms with Crippen molar-refractivity contribution in [2.45, 2.75) is 18.5 Å². The fourth-order valence-corrected chi connectivity index (χ4v) is 3.57. The zero-order valence-corrected chi connectivity index (χ0v) is 14.3. The number of hydrogen-bond acceptors (Lipinski definition) is 6. The predicted octanol–water partition coefficient (Wildman–Crippen LogP) is 4.42. The number of thioether (sulfide) groups is 1. The Morgan fingerprint density at radius 1 is 1.35 bits per heavy atom. The van der Waals surface area contributed by atoms with Crippen molar-refractivity contribution >= 4 is 50.8 Å². The average molecular weight is 345 g/mol. The SMILES string of the molecule is CCc1cc2c(Nc3cccc(C(=O)O)c3)nc(SC)nc2s1. The highest BCUT2D eigenvalue weighted by Crippen LogP contribution is 2.32. The summed E-state index contributed by atoms with van der Waals surface area (Å²) in [5.41, 5.74) is 0.936. The molecule has 0 bridgehead atoms. The van der Waals surface area contributed by atoms with Crippen molar-refractivity contribution in [2.75, 3.05) is 11.6 Å². The van der Waals surface area contributed by atoms with Crippen molar-refractivity contribution in [3.8, 4) is 0 Å². The molecule has 0 saturated heterocycles. The van der Waals surface area contributed by atoms with Crippen LogP contribution in [0.15, 0.2) is 35.5 Å². The van der Waals surface area contributed by atoms with Gasteiger partial charge in [-0.25, -0.2) is 14.8 Å². The molecule has 0 atom stereocenters. The van der Waals surface area contributed by atoms with Gasteiger partial charge in [-0.05, 0) is 36.9 Å². The van der Waals surface area contributed by atoms with Gasteiger partial charge < -0.3 is 10.4 Å². The van der Waals surface area contributed by atoms with Gasteiger partial charge in [-0.15, -0.1) is 11.3 Å². The molecule has 1 aromatic carbocycles. The molecule has 3 rings (SSSR count). The van der Waals surface area contributed by atoms with E-state index in [4.69, 9.17) is 5.11 Å². The van der Waals surface area contributed by atoms with E-state index in [9.17, 15) is 4.79 Å². The number of nitrogens with zero attached hydrogens (tertiary/aromatic N) is 2. The van der Waals surface area contributed by atoms with Crippen LogP contribution >= 0.6 is 23.1 Å². The first kappa shape index (κ1) is 15.8. The van der Waals surface area contributed by atoms with Gasteiger partial charge in [0, 0.05) is 10.6 Å². The van der Waals surface area contributed by atoms with E-state index in [2.05, 4.69) is 28.3 Å². The molecular formula is C16H15N3O2S2. The third kappa shape index (κ3) is 3.30. The van der Waals surface area contributed by atoms with Gasteiger partial charge in [-0.2, -0.15) is 0 Å². The van der Waals surface area contributed by atoms with Crippen LogP contribution in [0.3, 0.4) is 0 Å². The number of carbonyl (C=O) groups is 1. The van der Waals surface area contributed by atoms with Crippen LogP contribution in [0.4, 0.5) is 11.5 Å². The molecule has 0 radical (unpaired) electrons. The van der Waals surface area contributed by atoms with Gasteiger partial charge in [0.05, 0.1) is 10.9 Å². The lowest BCUT2D eigenvalue weighted by Gasteiger charge is -2.08. The molecule has 5 nitrogen and oxygen atoms in total. The normalized spacial score (nSPS) is 10.9. The largest absolute Gasteiger partial charge is 0.478 e. The van der Waals surface area contributed by atoms with Gasteiger partial charge in [0.2, 0.25) is 0 Å². The number of aromatic carboxylic acids is 1. The number of thiophene rings is 1. The van der Waals surface area contributed by atoms with Gasteiger partial charge in [0.25, 0.3) is 0 Å². The molecule has 2 heterocycles. The quantitative estimate of drug-likeness (QED) is 0.527. The Hall–Kier alpha value is -2.12. The molecule has 0 unspecified atom stereocenters. The Morgan fingerprint density at radius 3 is 2.87 bits per heavy atom. The lowest BCUT2D eigenvalue weighted by atomic mass is 10.2. The van der Waals surface area contributed by atoms with Gasteiger partial charge >= 0.3 is 5.97 Å². The van der Waals surface area contributed by atoms with Crippen LogP contribution in [0.2, 0.25) is 0 Å². The Labute approximate surface area is 141 Å². The standard InChI is InChI=1S/C16H15N3O2S2/c1-3-11-8-12-13(18-16(22-2)19-14(12)23-11)17-10-6-4-5-9(7-10)15(20)21/h4-8H,3H2,1-2H3,(H,20,21)(H,17,18,19). The Bertz CT molecular complexity index is 877. The second-order valence-corrected chi connectivity index (χ2v) is 6.74. The molecule has 23 heavy (non-hydrogen) atoms. The number of carboxylic acids is 1. The first-order chi connectivity index (χ1) is 11.1. The number of carboxylic acid groups (broad SMARTS) is 1. The fraction of sp³-hybridized carbons (Fsp3) is 0.188. The lowest BCUT2D eigenvalue weighted by molar-refractivity contribution is 0.0697. The summed E-state index contributed by atoms with van der Waals surface area (Å²) in [7, 11) is 0. The van der Waals surface area contributed by atoms with E-state index in [1.54, 1.807) is 29.5 Å². The van der Waals surface area contributed by atoms with Crippen LogP contribution in [0, 0.1) is 0 Å². The first-order valence-electron chi connectivity index (χ1n) is 7.05. The summed E-state index contributed by atoms with van der Waals surface area (Å²) in [6.07, 6.45) is 2.88. The number of nitrogens with one attached hydrogen (secondary N) is 1. The van der Waals surface area contributed by atoms with Crippen LogP contribution in [-0.4, -0.2) is 27.3 Å². The minimum atomic E-state index is -0.949. The minimum Gasteiger partial charge on any atom is -0.478 e. The number of anilines is 2. The zero-order valence-electron chi connectivity index (χ0n) is 12.7. The maximum Gasteiger partial charge on any atom is 0.335 e. The third-order valence-corrected chi connectivity index (χ3v) is 5.05. The van der Waals surface area contributed by atoms with Crippen LogP contribution in [-0.2, 0) is 6.42 Å². The van der Waals surface area contributed by atoms with Crippen molar-refractivity contribution in [1.82, 2.24) is 9.97 Å². The molecule has 0 saturated carbocycles. The van der Waals surface area contributed by atoms with Crippen molar-refractivity contribution < 1.29 is 9.90 Å². The average Bonchev–Trinajstić information content (AvgIpc) is 2.98. The zero-order chi connectivity index (χ0) is 16.4. The Kier molecular flexibility index (Phi) is 4.49. The maximum absolute atomic E-state index is 11.1. The van der Waals surface area contributed by atoms with Crippen molar-refractivity contribution in [1.29, 1.82) is 0 Å². The number of aryl methyl sites for hydroxylation is 1. The number of aromatic nitrogens is 2. The molecule has 2 aromatic heterocycles. The molecule has 0 fully saturated rings. The summed E-state index contributed by atoms with van der Waals surface area (Å²) in [6.45, 7) is 2.11. The highest BCUT2D eigenvalue weighted by atomic mass is 32.2. The molecule has 0 aliphatic rings. The molecule has 0 spiro atoms. The smallest absolute Gasteiger partial charge is 0.335 e. The van der Waals surface area contributed by atoms with Crippen LogP contribution in [0.25, 0.3) is 10.2 Å². The summed E-state index contributed by atoms with van der Waals surface area (Å²) in [4.78, 5) is 22.4. The fourth-order valence-electron chi connectivity index (χ4n) is 2.18. The molecule has 7 heteroatoms. The van der Waals surface area contributed by atoms with Gasteiger partial charge in [-0.1, -0.05) is 24.8 Å². The Balaban J connectivity index is 2.06. The van der Waals surface area contributed by atoms with Crippen LogP contribution in [0.1, 0.15) is 22.2 Å². The van der Waals surface area contributed by atoms with Crippen LogP contribution in [0.5, 0.6) is 0 Å². The van der Waals surface area contributed by atoms with Gasteiger partial charge in [-0.3, -0.25) is 0 Å². The highest BCUT2D eigenvalue weighted by Gasteiger charge is 2.12. The molecule has 0 aliphatic heterocycles. The predicted molar refractivity (Wildman–Crippen MR) is 95.3 cm³/mol. The first-order valence-corrected chi connectivity index (χ1v) is 9.09. The maximum atomic E-state index is 11.1. The molecule has 118 valence electrons. The number of fused-ring (bicyclic) bond motifs is 1. The van der Waals surface area contributed by atoms with E-state index in [1.807, 2.05) is 12.3 Å². The minimum absolute atomic E-state index is 0.241. The summed E-state index contributed by atoms with van der Waals surface area (Å²) < 4.78 is 0. The monoisotopic (exact) mass is 345 g/mol. The third-order valence-electron chi connectivity index (χ3n) is 3.33. The second kappa shape index (κ2) is 6.55. The van der Waals surface area contributed by atoms with Crippen molar-refractivity contribution in [2.24, 2.45) is 0 Å². The van der Waals surface area contributed by atoms with E-state index in [0.29, 0.717) is 16.7 Å². The van der Waals surface area contributed by atoms with Crippen LogP contribution < -0.4 is 5.32 Å². The number of hydrogen-bond donors (Lipinski definition) is 2. The molecule has 2 N–H and O–H groups in total. The second-order valence-electron chi connectivity index (χ2n) is 4.85.